The molecule has 4 nitrogen and oxygen atoms in total. The van der Waals surface area contributed by atoms with Crippen LogP contribution in [0.15, 0.2) is 17.2 Å². The number of imidazole rings is 1. The van der Waals surface area contributed by atoms with Gasteiger partial charge >= 0.3 is 5.69 Å². The van der Waals surface area contributed by atoms with E-state index in [1.54, 1.807) is 16.2 Å². The molecule has 0 atom stereocenters. The molecule has 1 aliphatic rings. The van der Waals surface area contributed by atoms with Crippen molar-refractivity contribution >= 4 is 0 Å². The summed E-state index contributed by atoms with van der Waals surface area (Å²) in [4.78, 5) is 11.6. The van der Waals surface area contributed by atoms with Crippen LogP contribution < -0.4 is 11.0 Å². The highest BCUT2D eigenvalue weighted by Gasteiger charge is 2.17. The number of rotatable bonds is 4. The van der Waals surface area contributed by atoms with Gasteiger partial charge in [-0.15, -0.1) is 0 Å². The first-order valence-corrected chi connectivity index (χ1v) is 6.62. The van der Waals surface area contributed by atoms with Crippen LogP contribution >= 0.6 is 0 Å². The highest BCUT2D eigenvalue weighted by molar-refractivity contribution is 4.81. The lowest BCUT2D eigenvalue weighted by atomic mass is 9.87. The number of hydrogen-bond donors (Lipinski definition) is 1. The molecule has 0 aliphatic heterocycles. The average Bonchev–Trinajstić information content (AvgIpc) is 2.64. The van der Waals surface area contributed by atoms with Gasteiger partial charge in [-0.1, -0.05) is 6.92 Å². The van der Waals surface area contributed by atoms with E-state index in [2.05, 4.69) is 12.2 Å². The molecule has 1 heterocycles. The maximum absolute atomic E-state index is 11.6. The fraction of sp³-hybridized carbons (Fsp3) is 0.769. The first kappa shape index (κ1) is 12.4. The topological polar surface area (TPSA) is 39.0 Å². The van der Waals surface area contributed by atoms with E-state index >= 15 is 0 Å². The summed E-state index contributed by atoms with van der Waals surface area (Å²) in [6, 6.07) is 0.658. The normalized spacial score (nSPS) is 25.1. The van der Waals surface area contributed by atoms with E-state index in [1.165, 1.54) is 25.7 Å². The van der Waals surface area contributed by atoms with Crippen LogP contribution in [0.1, 0.15) is 32.6 Å². The molecular weight excluding hydrogens is 214 g/mol. The molecule has 0 amide bonds. The fourth-order valence-corrected chi connectivity index (χ4v) is 2.53. The second-order valence-electron chi connectivity index (χ2n) is 5.30. The van der Waals surface area contributed by atoms with E-state index < -0.39 is 0 Å². The molecule has 1 saturated carbocycles. The maximum atomic E-state index is 11.6. The van der Waals surface area contributed by atoms with Gasteiger partial charge in [0.1, 0.15) is 0 Å². The van der Waals surface area contributed by atoms with E-state index in [0.29, 0.717) is 6.04 Å². The van der Waals surface area contributed by atoms with Gasteiger partial charge in [-0.2, -0.15) is 0 Å². The second kappa shape index (κ2) is 5.54. The van der Waals surface area contributed by atoms with Crippen molar-refractivity contribution in [2.24, 2.45) is 13.0 Å². The smallest absolute Gasteiger partial charge is 0.312 e. The van der Waals surface area contributed by atoms with Crippen molar-refractivity contribution in [2.75, 3.05) is 6.54 Å². The number of aromatic nitrogens is 2. The molecule has 0 saturated heterocycles. The highest BCUT2D eigenvalue weighted by Crippen LogP contribution is 2.23. The predicted octanol–water partition coefficient (Wildman–Crippen LogP) is 1.36. The summed E-state index contributed by atoms with van der Waals surface area (Å²) in [7, 11) is 1.79. The summed E-state index contributed by atoms with van der Waals surface area (Å²) in [5, 5.41) is 3.56. The quantitative estimate of drug-likeness (QED) is 0.858. The lowest BCUT2D eigenvalue weighted by Gasteiger charge is -2.27. The molecule has 17 heavy (non-hydrogen) atoms. The Balaban J connectivity index is 1.73. The zero-order chi connectivity index (χ0) is 12.3. The summed E-state index contributed by atoms with van der Waals surface area (Å²) >= 11 is 0. The van der Waals surface area contributed by atoms with Gasteiger partial charge in [0.25, 0.3) is 0 Å². The van der Waals surface area contributed by atoms with Gasteiger partial charge in [0.05, 0.1) is 0 Å². The van der Waals surface area contributed by atoms with Crippen LogP contribution in [-0.4, -0.2) is 21.7 Å². The van der Waals surface area contributed by atoms with Gasteiger partial charge in [-0.3, -0.25) is 4.57 Å². The first-order valence-electron chi connectivity index (χ1n) is 6.62. The average molecular weight is 237 g/mol. The first-order chi connectivity index (χ1) is 8.16. The van der Waals surface area contributed by atoms with Gasteiger partial charge in [-0.25, -0.2) is 4.79 Å². The van der Waals surface area contributed by atoms with Gasteiger partial charge in [-0.05, 0) is 31.6 Å². The van der Waals surface area contributed by atoms with E-state index in [9.17, 15) is 4.79 Å². The summed E-state index contributed by atoms with van der Waals surface area (Å²) in [6.07, 6.45) is 8.90. The third kappa shape index (κ3) is 3.22. The number of nitrogens with one attached hydrogen (secondary N) is 1. The van der Waals surface area contributed by atoms with E-state index in [0.717, 1.165) is 19.0 Å². The Hall–Kier alpha value is -1.03. The molecule has 0 spiro atoms. The molecule has 0 aromatic carbocycles. The molecule has 1 fully saturated rings. The Morgan fingerprint density at radius 2 is 2.00 bits per heavy atom. The van der Waals surface area contributed by atoms with E-state index in [4.69, 9.17) is 0 Å². The summed E-state index contributed by atoms with van der Waals surface area (Å²) in [5.74, 6) is 0.893. The zero-order valence-corrected chi connectivity index (χ0v) is 10.9. The maximum Gasteiger partial charge on any atom is 0.327 e. The molecular formula is C13H23N3O. The Kier molecular flexibility index (Phi) is 4.05. The molecule has 0 radical (unpaired) electrons. The summed E-state index contributed by atoms with van der Waals surface area (Å²) in [5.41, 5.74) is 0.0732. The molecule has 4 heteroatoms. The fourth-order valence-electron chi connectivity index (χ4n) is 2.53. The molecule has 2 rings (SSSR count). The largest absolute Gasteiger partial charge is 0.327 e. The number of nitrogens with zero attached hydrogens (tertiary/aromatic N) is 2. The van der Waals surface area contributed by atoms with Crippen LogP contribution in [0.25, 0.3) is 0 Å². The van der Waals surface area contributed by atoms with Gasteiger partial charge in [0, 0.05) is 38.6 Å². The summed E-state index contributed by atoms with van der Waals surface area (Å²) < 4.78 is 3.38. The van der Waals surface area contributed by atoms with Gasteiger partial charge in [0.2, 0.25) is 0 Å². The molecule has 1 aliphatic carbocycles. The number of aryl methyl sites for hydroxylation is 1. The third-order valence-corrected chi connectivity index (χ3v) is 3.82. The van der Waals surface area contributed by atoms with Crippen molar-refractivity contribution in [1.82, 2.24) is 14.5 Å². The molecule has 1 aromatic heterocycles. The van der Waals surface area contributed by atoms with Crippen LogP contribution in [0, 0.1) is 5.92 Å². The minimum Gasteiger partial charge on any atom is -0.312 e. The minimum atomic E-state index is 0.0732. The van der Waals surface area contributed by atoms with Crippen molar-refractivity contribution < 1.29 is 0 Å². The van der Waals surface area contributed by atoms with Gasteiger partial charge in [0.15, 0.2) is 0 Å². The second-order valence-corrected chi connectivity index (χ2v) is 5.30. The van der Waals surface area contributed by atoms with E-state index in [1.807, 2.05) is 12.4 Å². The Morgan fingerprint density at radius 1 is 1.29 bits per heavy atom. The number of hydrogen-bond acceptors (Lipinski definition) is 2. The SMILES string of the molecule is CC1CCC(NCCn2ccn(C)c2=O)CC1. The minimum absolute atomic E-state index is 0.0732. The monoisotopic (exact) mass is 237 g/mol. The van der Waals surface area contributed by atoms with Crippen molar-refractivity contribution in [3.8, 4) is 0 Å². The Morgan fingerprint density at radius 3 is 2.59 bits per heavy atom. The predicted molar refractivity (Wildman–Crippen MR) is 69.1 cm³/mol. The third-order valence-electron chi connectivity index (χ3n) is 3.82. The molecule has 0 bridgehead atoms. The lowest BCUT2D eigenvalue weighted by Crippen LogP contribution is -2.36. The van der Waals surface area contributed by atoms with Crippen LogP contribution in [0.2, 0.25) is 0 Å². The van der Waals surface area contributed by atoms with Crippen molar-refractivity contribution in [1.29, 1.82) is 0 Å². The molecule has 0 unspecified atom stereocenters. The molecule has 1 N–H and O–H groups in total. The molecule has 96 valence electrons. The van der Waals surface area contributed by atoms with Crippen molar-refractivity contribution in [3.05, 3.63) is 22.9 Å². The van der Waals surface area contributed by atoms with Crippen LogP contribution in [0.5, 0.6) is 0 Å². The van der Waals surface area contributed by atoms with Crippen LogP contribution in [-0.2, 0) is 13.6 Å². The van der Waals surface area contributed by atoms with Crippen molar-refractivity contribution in [3.63, 3.8) is 0 Å². The Labute approximate surface area is 103 Å². The van der Waals surface area contributed by atoms with Crippen LogP contribution in [0.4, 0.5) is 0 Å². The summed E-state index contributed by atoms with van der Waals surface area (Å²) in [6.45, 7) is 3.99. The van der Waals surface area contributed by atoms with Crippen molar-refractivity contribution in [2.45, 2.75) is 45.2 Å². The Bertz CT molecular complexity index is 399. The molecule has 1 aromatic rings. The van der Waals surface area contributed by atoms with Gasteiger partial charge < -0.3 is 9.88 Å². The lowest BCUT2D eigenvalue weighted by molar-refractivity contribution is 0.305. The zero-order valence-electron chi connectivity index (χ0n) is 10.9. The van der Waals surface area contributed by atoms with Crippen LogP contribution in [0.3, 0.4) is 0 Å². The van der Waals surface area contributed by atoms with E-state index in [-0.39, 0.29) is 5.69 Å². The standard InChI is InChI=1S/C13H23N3O/c1-11-3-5-12(6-4-11)14-7-8-16-10-9-15(2)13(16)17/h9-12,14H,3-8H2,1-2H3. The highest BCUT2D eigenvalue weighted by atomic mass is 16.1.